The molecule has 0 fully saturated rings. The maximum atomic E-state index is 6.21. The Balaban J connectivity index is 1.98. The first-order valence-electron chi connectivity index (χ1n) is 7.71. The number of methoxy groups -OCH3 is 1. The van der Waals surface area contributed by atoms with Crippen molar-refractivity contribution < 1.29 is 9.47 Å². The molecule has 0 spiro atoms. The van der Waals surface area contributed by atoms with Gasteiger partial charge in [-0.1, -0.05) is 42.5 Å². The summed E-state index contributed by atoms with van der Waals surface area (Å²) in [6, 6.07) is 16.8. The number of benzene rings is 2. The van der Waals surface area contributed by atoms with Crippen LogP contribution in [-0.2, 0) is 11.2 Å². The fraction of sp³-hybridized carbons (Fsp3) is 0.368. The fourth-order valence-electron chi connectivity index (χ4n) is 3.22. The molecule has 0 radical (unpaired) electrons. The van der Waals surface area contributed by atoms with Crippen molar-refractivity contribution in [1.82, 2.24) is 0 Å². The lowest BCUT2D eigenvalue weighted by Crippen LogP contribution is -2.10. The molecule has 1 aliphatic heterocycles. The third-order valence-corrected chi connectivity index (χ3v) is 4.52. The summed E-state index contributed by atoms with van der Waals surface area (Å²) in [4.78, 5) is 0. The van der Waals surface area contributed by atoms with Crippen molar-refractivity contribution in [3.8, 4) is 5.75 Å². The first kappa shape index (κ1) is 15.4. The van der Waals surface area contributed by atoms with Gasteiger partial charge in [0.2, 0.25) is 0 Å². The van der Waals surface area contributed by atoms with E-state index in [0.717, 1.165) is 18.6 Å². The monoisotopic (exact) mass is 316 g/mol. The number of rotatable bonds is 4. The Kier molecular flexibility index (Phi) is 5.01. The molecule has 22 heavy (non-hydrogen) atoms. The lowest BCUT2D eigenvalue weighted by Gasteiger charge is -2.19. The SMILES string of the molecule is COc1cccc2c1C(CCCl)OCC(c1ccccc1)C2. The maximum Gasteiger partial charge on any atom is 0.124 e. The van der Waals surface area contributed by atoms with Crippen molar-refractivity contribution in [3.63, 3.8) is 0 Å². The Morgan fingerprint density at radius 2 is 1.95 bits per heavy atom. The number of fused-ring (bicyclic) bond motifs is 1. The van der Waals surface area contributed by atoms with Gasteiger partial charge in [-0.25, -0.2) is 0 Å². The molecule has 2 atom stereocenters. The second kappa shape index (κ2) is 7.17. The van der Waals surface area contributed by atoms with Gasteiger partial charge in [-0.15, -0.1) is 11.6 Å². The van der Waals surface area contributed by atoms with E-state index in [1.807, 2.05) is 12.1 Å². The minimum absolute atomic E-state index is 0.0114. The minimum Gasteiger partial charge on any atom is -0.496 e. The van der Waals surface area contributed by atoms with Crippen molar-refractivity contribution in [3.05, 3.63) is 65.2 Å². The molecule has 3 heteroatoms. The molecular weight excluding hydrogens is 296 g/mol. The van der Waals surface area contributed by atoms with E-state index in [9.17, 15) is 0 Å². The largest absolute Gasteiger partial charge is 0.496 e. The van der Waals surface area contributed by atoms with Crippen LogP contribution in [0, 0.1) is 0 Å². The van der Waals surface area contributed by atoms with E-state index in [4.69, 9.17) is 21.1 Å². The summed E-state index contributed by atoms with van der Waals surface area (Å²) in [6.45, 7) is 0.712. The molecule has 0 N–H and O–H groups in total. The molecule has 1 aliphatic rings. The second-order valence-corrected chi connectivity index (χ2v) is 6.02. The van der Waals surface area contributed by atoms with E-state index in [1.165, 1.54) is 16.7 Å². The second-order valence-electron chi connectivity index (χ2n) is 5.64. The van der Waals surface area contributed by atoms with Crippen LogP contribution in [0.2, 0.25) is 0 Å². The van der Waals surface area contributed by atoms with Crippen LogP contribution >= 0.6 is 11.6 Å². The Bertz CT molecular complexity index is 612. The van der Waals surface area contributed by atoms with Crippen molar-refractivity contribution in [2.24, 2.45) is 0 Å². The van der Waals surface area contributed by atoms with Crippen LogP contribution in [-0.4, -0.2) is 19.6 Å². The molecule has 3 rings (SSSR count). The van der Waals surface area contributed by atoms with Gasteiger partial charge in [-0.05, 0) is 30.0 Å². The Labute approximate surface area is 137 Å². The third-order valence-electron chi connectivity index (χ3n) is 4.31. The summed E-state index contributed by atoms with van der Waals surface area (Å²) in [6.07, 6.45) is 1.78. The molecule has 1 heterocycles. The van der Waals surface area contributed by atoms with E-state index in [2.05, 4.69) is 36.4 Å². The molecule has 2 nitrogen and oxygen atoms in total. The summed E-state index contributed by atoms with van der Waals surface area (Å²) in [7, 11) is 1.72. The first-order valence-corrected chi connectivity index (χ1v) is 8.25. The zero-order chi connectivity index (χ0) is 15.4. The van der Waals surface area contributed by atoms with Gasteiger partial charge < -0.3 is 9.47 Å². The molecule has 0 aromatic heterocycles. The zero-order valence-corrected chi connectivity index (χ0v) is 13.6. The average Bonchev–Trinajstić information content (AvgIpc) is 2.76. The molecule has 2 aromatic carbocycles. The summed E-state index contributed by atoms with van der Waals surface area (Å²) in [5, 5.41) is 0. The van der Waals surface area contributed by atoms with Crippen molar-refractivity contribution in [1.29, 1.82) is 0 Å². The Morgan fingerprint density at radius 1 is 1.14 bits per heavy atom. The lowest BCUT2D eigenvalue weighted by atomic mass is 9.90. The van der Waals surface area contributed by atoms with Crippen molar-refractivity contribution in [2.45, 2.75) is 24.9 Å². The van der Waals surface area contributed by atoms with Gasteiger partial charge in [0, 0.05) is 17.4 Å². The van der Waals surface area contributed by atoms with Crippen LogP contribution in [0.15, 0.2) is 48.5 Å². The predicted molar refractivity (Wildman–Crippen MR) is 89.9 cm³/mol. The standard InChI is InChI=1S/C19H21ClO2/c1-21-17-9-5-8-15-12-16(14-6-3-2-4-7-14)13-22-18(10-11-20)19(15)17/h2-9,16,18H,10-13H2,1H3. The van der Waals surface area contributed by atoms with Crippen LogP contribution in [0.1, 0.15) is 35.1 Å². The van der Waals surface area contributed by atoms with Crippen LogP contribution < -0.4 is 4.74 Å². The van der Waals surface area contributed by atoms with Gasteiger partial charge in [0.1, 0.15) is 5.75 Å². The molecule has 2 unspecified atom stereocenters. The summed E-state index contributed by atoms with van der Waals surface area (Å²) in [5.41, 5.74) is 3.80. The van der Waals surface area contributed by atoms with Crippen LogP contribution in [0.5, 0.6) is 5.75 Å². The quantitative estimate of drug-likeness (QED) is 0.760. The highest BCUT2D eigenvalue weighted by molar-refractivity contribution is 6.17. The molecule has 0 saturated carbocycles. The smallest absolute Gasteiger partial charge is 0.124 e. The number of halogens is 1. The van der Waals surface area contributed by atoms with E-state index in [1.54, 1.807) is 7.11 Å². The van der Waals surface area contributed by atoms with E-state index in [0.29, 0.717) is 18.4 Å². The molecule has 116 valence electrons. The lowest BCUT2D eigenvalue weighted by molar-refractivity contribution is 0.0452. The summed E-state index contributed by atoms with van der Waals surface area (Å²) >= 11 is 5.98. The highest BCUT2D eigenvalue weighted by Gasteiger charge is 2.27. The van der Waals surface area contributed by atoms with Gasteiger partial charge in [0.15, 0.2) is 0 Å². The van der Waals surface area contributed by atoms with E-state index in [-0.39, 0.29) is 6.10 Å². The molecule has 2 aromatic rings. The van der Waals surface area contributed by atoms with Crippen molar-refractivity contribution in [2.75, 3.05) is 19.6 Å². The Morgan fingerprint density at radius 3 is 2.68 bits per heavy atom. The molecule has 0 bridgehead atoms. The number of alkyl halides is 1. The van der Waals surface area contributed by atoms with Gasteiger partial charge >= 0.3 is 0 Å². The first-order chi connectivity index (χ1) is 10.8. The van der Waals surface area contributed by atoms with Gasteiger partial charge in [0.25, 0.3) is 0 Å². The fourth-order valence-corrected chi connectivity index (χ4v) is 3.42. The third kappa shape index (κ3) is 3.13. The zero-order valence-electron chi connectivity index (χ0n) is 12.8. The minimum atomic E-state index is 0.0114. The number of hydrogen-bond donors (Lipinski definition) is 0. The van der Waals surface area contributed by atoms with E-state index >= 15 is 0 Å². The topological polar surface area (TPSA) is 18.5 Å². The highest BCUT2D eigenvalue weighted by atomic mass is 35.5. The van der Waals surface area contributed by atoms with Gasteiger partial charge in [-0.2, -0.15) is 0 Å². The highest BCUT2D eigenvalue weighted by Crippen LogP contribution is 2.39. The maximum absolute atomic E-state index is 6.21. The molecule has 0 amide bonds. The van der Waals surface area contributed by atoms with Crippen LogP contribution in [0.4, 0.5) is 0 Å². The molecular formula is C19H21ClO2. The van der Waals surface area contributed by atoms with Crippen LogP contribution in [0.3, 0.4) is 0 Å². The van der Waals surface area contributed by atoms with Crippen molar-refractivity contribution >= 4 is 11.6 Å². The average molecular weight is 317 g/mol. The van der Waals surface area contributed by atoms with E-state index < -0.39 is 0 Å². The number of ether oxygens (including phenoxy) is 2. The summed E-state index contributed by atoms with van der Waals surface area (Å²) in [5.74, 6) is 1.85. The normalized spacial score (nSPS) is 21.0. The Hall–Kier alpha value is -1.51. The number of hydrogen-bond acceptors (Lipinski definition) is 2. The molecule has 0 aliphatic carbocycles. The molecule has 0 saturated heterocycles. The van der Waals surface area contributed by atoms with Crippen LogP contribution in [0.25, 0.3) is 0 Å². The predicted octanol–water partition coefficient (Wildman–Crippen LogP) is 4.72. The van der Waals surface area contributed by atoms with Gasteiger partial charge in [0.05, 0.1) is 19.8 Å². The van der Waals surface area contributed by atoms with Gasteiger partial charge in [-0.3, -0.25) is 0 Å². The summed E-state index contributed by atoms with van der Waals surface area (Å²) < 4.78 is 11.8.